The monoisotopic (exact) mass is 759 g/mol. The Balaban J connectivity index is 0.00000329. The number of pyridine rings is 2. The van der Waals surface area contributed by atoms with Crippen LogP contribution in [0.3, 0.4) is 0 Å². The average Bonchev–Trinajstić information content (AvgIpc) is 3.51. The van der Waals surface area contributed by atoms with Crippen LogP contribution in [-0.4, -0.2) is 29.7 Å². The Hall–Kier alpha value is -3.73. The van der Waals surface area contributed by atoms with Gasteiger partial charge in [-0.25, -0.2) is 9.97 Å². The van der Waals surface area contributed by atoms with Gasteiger partial charge in [-0.15, -0.1) is 17.1 Å². The van der Waals surface area contributed by atoms with Gasteiger partial charge in [-0.1, -0.05) is 63.6 Å². The molecule has 43 heavy (non-hydrogen) atoms. The number of para-hydroxylation sites is 1. The van der Waals surface area contributed by atoms with Gasteiger partial charge in [0.05, 0.1) is 13.8 Å². The van der Waals surface area contributed by atoms with E-state index >= 15 is 0 Å². The molecule has 0 unspecified atom stereocenters. The third-order valence-corrected chi connectivity index (χ3v) is 11.7. The number of hydrogen-bond donors (Lipinski definition) is 0. The van der Waals surface area contributed by atoms with Gasteiger partial charge < -0.3 is 14.4 Å². The van der Waals surface area contributed by atoms with Gasteiger partial charge in [0.15, 0.2) is 0 Å². The van der Waals surface area contributed by atoms with Crippen molar-refractivity contribution in [2.24, 2.45) is 0 Å². The van der Waals surface area contributed by atoms with E-state index < -0.39 is 8.07 Å². The topological polar surface area (TPSA) is 37.2 Å². The molecule has 0 amide bonds. The molecule has 4 heterocycles. The van der Waals surface area contributed by atoms with Crippen molar-refractivity contribution in [2.45, 2.75) is 39.3 Å². The zero-order valence-electron chi connectivity index (χ0n) is 25.3. The summed E-state index contributed by atoms with van der Waals surface area (Å²) < 4.78 is 2.25. The predicted octanol–water partition coefficient (Wildman–Crippen LogP) is 7.00. The molecule has 3 aromatic carbocycles. The maximum atomic E-state index is 4.72. The number of hydrogen-bond acceptors (Lipinski definition) is 4. The molecule has 5 nitrogen and oxygen atoms in total. The van der Waals surface area contributed by atoms with Crippen LogP contribution in [0.5, 0.6) is 0 Å². The zero-order chi connectivity index (χ0) is 29.2. The summed E-state index contributed by atoms with van der Waals surface area (Å²) in [4.78, 5) is 13.6. The fourth-order valence-electron chi connectivity index (χ4n) is 5.91. The molecule has 3 aromatic heterocycles. The first-order valence-electron chi connectivity index (χ1n) is 14.4. The van der Waals surface area contributed by atoms with Crippen LogP contribution < -0.4 is 20.2 Å². The number of benzene rings is 3. The number of anilines is 3. The van der Waals surface area contributed by atoms with Crippen molar-refractivity contribution in [3.05, 3.63) is 116 Å². The van der Waals surface area contributed by atoms with Crippen LogP contribution in [0.25, 0.3) is 27.6 Å². The molecule has 7 heteroatoms. The second kappa shape index (κ2) is 10.8. The minimum Gasteiger partial charge on any atom is -0.492 e. The number of nitrogens with zero attached hydrogens (tertiary/aromatic N) is 5. The second-order valence-electron chi connectivity index (χ2n) is 12.7. The van der Waals surface area contributed by atoms with E-state index in [-0.39, 0.29) is 26.5 Å². The van der Waals surface area contributed by atoms with Crippen molar-refractivity contribution in [2.75, 3.05) is 16.8 Å². The van der Waals surface area contributed by atoms with Gasteiger partial charge in [0, 0.05) is 39.0 Å². The number of fused-ring (bicyclic) bond motifs is 4. The van der Waals surface area contributed by atoms with Crippen molar-refractivity contribution in [1.82, 2.24) is 14.5 Å². The van der Waals surface area contributed by atoms with Crippen molar-refractivity contribution < 1.29 is 21.1 Å². The van der Waals surface area contributed by atoms with E-state index in [9.17, 15) is 0 Å². The second-order valence-corrected chi connectivity index (χ2v) is 17.0. The molecule has 0 atom stereocenters. The normalized spacial score (nSPS) is 13.4. The van der Waals surface area contributed by atoms with Gasteiger partial charge in [-0.2, -0.15) is 52.9 Å². The van der Waals surface area contributed by atoms with Crippen LogP contribution in [0, 0.1) is 18.8 Å². The predicted molar refractivity (Wildman–Crippen MR) is 177 cm³/mol. The first kappa shape index (κ1) is 29.3. The maximum absolute atomic E-state index is 4.72. The number of rotatable bonds is 4. The van der Waals surface area contributed by atoms with Crippen LogP contribution in [0.1, 0.15) is 26.3 Å². The SMILES string of the molecule is CN1[CH-]N(c2[c-]c([Si](C)(C)c3[c-]c4c(cc3)c3ccccc3n4-c3ccccn3)cc(C(C)(C)C)c2)c2cccnc21.[Pt]. The fourth-order valence-corrected chi connectivity index (χ4v) is 8.09. The van der Waals surface area contributed by atoms with Crippen LogP contribution in [0.15, 0.2) is 91.3 Å². The molecule has 1 aliphatic heterocycles. The molecule has 7 rings (SSSR count). The van der Waals surface area contributed by atoms with Crippen molar-refractivity contribution in [1.29, 1.82) is 0 Å². The molecule has 0 N–H and O–H groups in total. The minimum absolute atomic E-state index is 0. The molecule has 1 aliphatic rings. The third-order valence-electron chi connectivity index (χ3n) is 8.44. The van der Waals surface area contributed by atoms with E-state index in [0.717, 1.165) is 34.0 Å². The summed E-state index contributed by atoms with van der Waals surface area (Å²) in [5, 5.41) is 4.91. The van der Waals surface area contributed by atoms with Gasteiger partial charge in [0.1, 0.15) is 11.6 Å². The van der Waals surface area contributed by atoms with Crippen LogP contribution in [-0.2, 0) is 26.5 Å². The van der Waals surface area contributed by atoms with E-state index in [1.165, 1.54) is 26.7 Å². The molecular weight excluding hydrogens is 726 g/mol. The minimum atomic E-state index is -2.26. The number of aromatic nitrogens is 3. The van der Waals surface area contributed by atoms with E-state index in [2.05, 4.69) is 133 Å². The summed E-state index contributed by atoms with van der Waals surface area (Å²) in [7, 11) is -0.216. The first-order chi connectivity index (χ1) is 20.1. The third kappa shape index (κ3) is 4.91. The molecule has 0 bridgehead atoms. The molecule has 6 aromatic rings. The molecule has 220 valence electrons. The smallest absolute Gasteiger partial charge is 0.135 e. The average molecular weight is 760 g/mol. The van der Waals surface area contributed by atoms with E-state index in [1.54, 1.807) is 0 Å². The van der Waals surface area contributed by atoms with Crippen LogP contribution >= 0.6 is 0 Å². The standard InChI is InChI=1S/C36H34N5Si.Pt/c1-36(2,3)25-20-26(40-24-39(4)35-32(40)14-11-19-38-35)22-28(21-25)42(5,6)27-16-17-30-29-12-7-8-13-31(29)41(33(30)23-27)34-15-9-10-18-37-34;/h7-21,24H,1-6H3;/q-3;. The maximum Gasteiger partial charge on any atom is 0.135 e. The zero-order valence-corrected chi connectivity index (χ0v) is 28.6. The summed E-state index contributed by atoms with van der Waals surface area (Å²) >= 11 is 0. The Morgan fingerprint density at radius 2 is 1.56 bits per heavy atom. The van der Waals surface area contributed by atoms with Crippen molar-refractivity contribution in [3.8, 4) is 5.82 Å². The Morgan fingerprint density at radius 1 is 0.791 bits per heavy atom. The Labute approximate surface area is 269 Å². The quantitative estimate of drug-likeness (QED) is 0.144. The van der Waals surface area contributed by atoms with Crippen molar-refractivity contribution >= 4 is 57.4 Å². The summed E-state index contributed by atoms with van der Waals surface area (Å²) in [6.07, 6.45) is 3.70. The fraction of sp³-hybridized carbons (Fsp3) is 0.194. The van der Waals surface area contributed by atoms with Crippen molar-refractivity contribution in [3.63, 3.8) is 0 Å². The summed E-state index contributed by atoms with van der Waals surface area (Å²) in [5.41, 5.74) is 5.59. The molecule has 0 saturated heterocycles. The van der Waals surface area contributed by atoms with Gasteiger partial charge >= 0.3 is 0 Å². The molecule has 0 radical (unpaired) electrons. The molecule has 0 fully saturated rings. The van der Waals surface area contributed by atoms with E-state index in [0.29, 0.717) is 0 Å². The van der Waals surface area contributed by atoms with Gasteiger partial charge in [0.25, 0.3) is 0 Å². The largest absolute Gasteiger partial charge is 0.492 e. The van der Waals surface area contributed by atoms with Crippen LogP contribution in [0.4, 0.5) is 17.2 Å². The Bertz CT molecular complexity index is 1960. The Kier molecular flexibility index (Phi) is 7.34. The summed E-state index contributed by atoms with van der Waals surface area (Å²) in [6.45, 7) is 13.8. The molecular formula is C36H34N5PtSi-3. The van der Waals surface area contributed by atoms with Gasteiger partial charge in [-0.05, 0) is 48.2 Å². The summed E-state index contributed by atoms with van der Waals surface area (Å²) in [5.74, 6) is 1.85. The molecule has 0 aliphatic carbocycles. The van der Waals surface area contributed by atoms with E-state index in [4.69, 9.17) is 4.98 Å². The summed E-state index contributed by atoms with van der Waals surface area (Å²) in [6, 6.07) is 35.8. The van der Waals surface area contributed by atoms with Gasteiger partial charge in [-0.3, -0.25) is 0 Å². The van der Waals surface area contributed by atoms with Crippen LogP contribution in [0.2, 0.25) is 13.1 Å². The first-order valence-corrected chi connectivity index (χ1v) is 17.4. The molecule has 0 spiro atoms. The van der Waals surface area contributed by atoms with E-state index in [1.807, 2.05) is 37.6 Å². The Morgan fingerprint density at radius 3 is 2.33 bits per heavy atom. The molecule has 0 saturated carbocycles. The van der Waals surface area contributed by atoms with Gasteiger partial charge in [0.2, 0.25) is 0 Å².